The van der Waals surface area contributed by atoms with Crippen LogP contribution in [0, 0.1) is 0 Å². The summed E-state index contributed by atoms with van der Waals surface area (Å²) in [5.41, 5.74) is 1.72. The third-order valence-corrected chi connectivity index (χ3v) is 4.60. The number of halogens is 2. The molecule has 0 heterocycles. The Balaban J connectivity index is 2.22. The van der Waals surface area contributed by atoms with Crippen molar-refractivity contribution in [3.8, 4) is 0 Å². The van der Waals surface area contributed by atoms with Crippen LogP contribution in [0.5, 0.6) is 0 Å². The number of nitrogens with one attached hydrogen (secondary N) is 1. The van der Waals surface area contributed by atoms with E-state index in [9.17, 15) is 9.59 Å². The quantitative estimate of drug-likeness (QED) is 0.736. The summed E-state index contributed by atoms with van der Waals surface area (Å²) in [5, 5.41) is 4.08. The highest BCUT2D eigenvalue weighted by Gasteiger charge is 2.26. The molecule has 1 N–H and O–H groups in total. The Hall–Kier alpha value is -2.04. The van der Waals surface area contributed by atoms with Gasteiger partial charge in [0.1, 0.15) is 6.04 Å². The van der Waals surface area contributed by atoms with Crippen molar-refractivity contribution in [1.82, 2.24) is 10.2 Å². The molecule has 0 aliphatic carbocycles. The Morgan fingerprint density at radius 2 is 1.63 bits per heavy atom. The Morgan fingerprint density at radius 3 is 2.22 bits per heavy atom. The molecule has 144 valence electrons. The van der Waals surface area contributed by atoms with Crippen LogP contribution in [0.3, 0.4) is 0 Å². The average Bonchev–Trinajstić information content (AvgIpc) is 2.60. The average molecular weight is 407 g/mol. The van der Waals surface area contributed by atoms with E-state index in [1.54, 1.807) is 36.1 Å². The number of hydrogen-bond donors (Lipinski definition) is 1. The van der Waals surface area contributed by atoms with Crippen LogP contribution in [0.1, 0.15) is 31.9 Å². The number of rotatable bonds is 7. The SMILES string of the molecule is CC(C)NC(=O)C(C)N(Cc1ccc(Cl)cc1)C(=O)Cc1cccc(Cl)c1. The van der Waals surface area contributed by atoms with Gasteiger partial charge in [-0.3, -0.25) is 9.59 Å². The number of nitrogens with zero attached hydrogens (tertiary/aromatic N) is 1. The molecular weight excluding hydrogens is 383 g/mol. The standard InChI is InChI=1S/C21H24Cl2N2O2/c1-14(2)24-21(27)15(3)25(13-16-7-9-18(22)10-8-16)20(26)12-17-5-4-6-19(23)11-17/h4-11,14-15H,12-13H2,1-3H3,(H,24,27). The molecule has 0 radical (unpaired) electrons. The van der Waals surface area contributed by atoms with E-state index in [1.165, 1.54) is 0 Å². The van der Waals surface area contributed by atoms with E-state index in [4.69, 9.17) is 23.2 Å². The minimum absolute atomic E-state index is 0.000337. The molecule has 1 unspecified atom stereocenters. The molecule has 0 fully saturated rings. The smallest absolute Gasteiger partial charge is 0.242 e. The zero-order valence-corrected chi connectivity index (χ0v) is 17.2. The summed E-state index contributed by atoms with van der Waals surface area (Å²) in [6.45, 7) is 5.84. The fraction of sp³-hybridized carbons (Fsp3) is 0.333. The van der Waals surface area contributed by atoms with Gasteiger partial charge >= 0.3 is 0 Å². The van der Waals surface area contributed by atoms with Gasteiger partial charge in [0.15, 0.2) is 0 Å². The van der Waals surface area contributed by atoms with Crippen LogP contribution < -0.4 is 5.32 Å². The molecule has 0 spiro atoms. The molecule has 27 heavy (non-hydrogen) atoms. The molecule has 0 saturated heterocycles. The van der Waals surface area contributed by atoms with Crippen molar-refractivity contribution in [3.63, 3.8) is 0 Å². The highest BCUT2D eigenvalue weighted by Crippen LogP contribution is 2.17. The maximum atomic E-state index is 13.0. The van der Waals surface area contributed by atoms with Gasteiger partial charge in [0.05, 0.1) is 6.42 Å². The van der Waals surface area contributed by atoms with Gasteiger partial charge < -0.3 is 10.2 Å². The number of hydrogen-bond acceptors (Lipinski definition) is 2. The first kappa shape index (κ1) is 21.3. The summed E-state index contributed by atoms with van der Waals surface area (Å²) in [5.74, 6) is -0.322. The lowest BCUT2D eigenvalue weighted by molar-refractivity contribution is -0.140. The van der Waals surface area contributed by atoms with Crippen LogP contribution in [0.25, 0.3) is 0 Å². The highest BCUT2D eigenvalue weighted by molar-refractivity contribution is 6.30. The maximum Gasteiger partial charge on any atom is 0.242 e. The van der Waals surface area contributed by atoms with Gasteiger partial charge in [-0.2, -0.15) is 0 Å². The molecule has 0 bridgehead atoms. The minimum Gasteiger partial charge on any atom is -0.352 e. The molecule has 4 nitrogen and oxygen atoms in total. The van der Waals surface area contributed by atoms with Gasteiger partial charge in [0.2, 0.25) is 11.8 Å². The second-order valence-corrected chi connectivity index (χ2v) is 7.67. The number of carbonyl (C=O) groups excluding carboxylic acids is 2. The monoisotopic (exact) mass is 406 g/mol. The second-order valence-electron chi connectivity index (χ2n) is 6.79. The molecule has 2 aromatic rings. The summed E-state index contributed by atoms with van der Waals surface area (Å²) in [6, 6.07) is 13.8. The first-order chi connectivity index (χ1) is 12.8. The molecule has 0 aromatic heterocycles. The summed E-state index contributed by atoms with van der Waals surface area (Å²) < 4.78 is 0. The predicted octanol–water partition coefficient (Wildman–Crippen LogP) is 4.48. The minimum atomic E-state index is -0.602. The van der Waals surface area contributed by atoms with Crippen LogP contribution in [0.4, 0.5) is 0 Å². The zero-order valence-electron chi connectivity index (χ0n) is 15.7. The van der Waals surface area contributed by atoms with Gasteiger partial charge in [-0.1, -0.05) is 47.5 Å². The van der Waals surface area contributed by atoms with Crippen molar-refractivity contribution in [2.24, 2.45) is 0 Å². The van der Waals surface area contributed by atoms with Crippen LogP contribution in [0.15, 0.2) is 48.5 Å². The predicted molar refractivity (Wildman–Crippen MR) is 110 cm³/mol. The van der Waals surface area contributed by atoms with E-state index in [0.717, 1.165) is 11.1 Å². The molecule has 6 heteroatoms. The molecule has 0 aliphatic rings. The Labute approximate surface area is 170 Å². The van der Waals surface area contributed by atoms with Crippen molar-refractivity contribution in [2.45, 2.75) is 45.8 Å². The fourth-order valence-electron chi connectivity index (χ4n) is 2.70. The first-order valence-electron chi connectivity index (χ1n) is 8.85. The largest absolute Gasteiger partial charge is 0.352 e. The summed E-state index contributed by atoms with van der Waals surface area (Å²) in [7, 11) is 0. The molecule has 0 saturated carbocycles. The Morgan fingerprint density at radius 1 is 0.963 bits per heavy atom. The number of amides is 2. The van der Waals surface area contributed by atoms with E-state index in [0.29, 0.717) is 16.6 Å². The van der Waals surface area contributed by atoms with E-state index >= 15 is 0 Å². The number of benzene rings is 2. The van der Waals surface area contributed by atoms with Gasteiger partial charge in [-0.05, 0) is 56.2 Å². The Bertz CT molecular complexity index is 791. The summed E-state index contributed by atoms with van der Waals surface area (Å²) in [6.07, 6.45) is 0.174. The third kappa shape index (κ3) is 6.56. The lowest BCUT2D eigenvalue weighted by Crippen LogP contribution is -2.49. The fourth-order valence-corrected chi connectivity index (χ4v) is 3.04. The van der Waals surface area contributed by atoms with Crippen LogP contribution in [0.2, 0.25) is 10.0 Å². The molecule has 1 atom stereocenters. The van der Waals surface area contributed by atoms with Crippen molar-refractivity contribution < 1.29 is 9.59 Å². The Kier molecular flexibility index (Phi) is 7.69. The van der Waals surface area contributed by atoms with E-state index in [2.05, 4.69) is 5.32 Å². The molecular formula is C21H24Cl2N2O2. The van der Waals surface area contributed by atoms with Crippen LogP contribution in [-0.4, -0.2) is 28.8 Å². The highest BCUT2D eigenvalue weighted by atomic mass is 35.5. The normalized spacial score (nSPS) is 11.9. The van der Waals surface area contributed by atoms with E-state index in [-0.39, 0.29) is 24.3 Å². The van der Waals surface area contributed by atoms with Crippen molar-refractivity contribution in [2.75, 3.05) is 0 Å². The summed E-state index contributed by atoms with van der Waals surface area (Å²) >= 11 is 12.0. The molecule has 2 rings (SSSR count). The van der Waals surface area contributed by atoms with Gasteiger partial charge in [0, 0.05) is 22.6 Å². The third-order valence-electron chi connectivity index (χ3n) is 4.11. The van der Waals surface area contributed by atoms with Gasteiger partial charge in [-0.25, -0.2) is 0 Å². The van der Waals surface area contributed by atoms with E-state index < -0.39 is 6.04 Å². The molecule has 2 amide bonds. The number of carbonyl (C=O) groups is 2. The van der Waals surface area contributed by atoms with Crippen molar-refractivity contribution >= 4 is 35.0 Å². The lowest BCUT2D eigenvalue weighted by atomic mass is 10.1. The molecule has 2 aromatic carbocycles. The zero-order chi connectivity index (χ0) is 20.0. The second kappa shape index (κ2) is 9.77. The van der Waals surface area contributed by atoms with Gasteiger partial charge in [-0.15, -0.1) is 0 Å². The van der Waals surface area contributed by atoms with Gasteiger partial charge in [0.25, 0.3) is 0 Å². The topological polar surface area (TPSA) is 49.4 Å². The first-order valence-corrected chi connectivity index (χ1v) is 9.60. The van der Waals surface area contributed by atoms with Crippen LogP contribution >= 0.6 is 23.2 Å². The van der Waals surface area contributed by atoms with E-state index in [1.807, 2.05) is 38.1 Å². The lowest BCUT2D eigenvalue weighted by Gasteiger charge is -2.29. The van der Waals surface area contributed by atoms with Crippen LogP contribution in [-0.2, 0) is 22.6 Å². The summed E-state index contributed by atoms with van der Waals surface area (Å²) in [4.78, 5) is 27.1. The maximum absolute atomic E-state index is 13.0. The van der Waals surface area contributed by atoms with Crippen molar-refractivity contribution in [3.05, 3.63) is 69.7 Å². The molecule has 0 aliphatic heterocycles. The van der Waals surface area contributed by atoms with Crippen molar-refractivity contribution in [1.29, 1.82) is 0 Å².